The van der Waals surface area contributed by atoms with E-state index in [-0.39, 0.29) is 22.8 Å². The van der Waals surface area contributed by atoms with Gasteiger partial charge in [0.2, 0.25) is 0 Å². The predicted molar refractivity (Wildman–Crippen MR) is 113 cm³/mol. The lowest BCUT2D eigenvalue weighted by Gasteiger charge is -2.44. The Balaban J connectivity index is 2.94. The van der Waals surface area contributed by atoms with Crippen LogP contribution in [0.3, 0.4) is 0 Å². The van der Waals surface area contributed by atoms with E-state index in [1.165, 1.54) is 5.57 Å². The predicted octanol–water partition coefficient (Wildman–Crippen LogP) is 5.46. The molecule has 1 rings (SSSR count). The van der Waals surface area contributed by atoms with Gasteiger partial charge < -0.3 is 14.3 Å². The number of hydrogen-bond acceptors (Lipinski definition) is 3. The first-order chi connectivity index (χ1) is 11.1. The molecule has 1 fully saturated rings. The molecule has 1 aliphatic rings. The topological polar surface area (TPSA) is 49.7 Å². The molecule has 2 atom stereocenters. The molecule has 0 aromatic rings. The molecule has 148 valence electrons. The summed E-state index contributed by atoms with van der Waals surface area (Å²) < 4.78 is 6.72. The number of aliphatic hydroxyl groups excluding tert-OH is 1. The molecule has 2 N–H and O–H groups in total. The van der Waals surface area contributed by atoms with Crippen molar-refractivity contribution in [2.75, 3.05) is 6.61 Å². The molecule has 0 aromatic heterocycles. The van der Waals surface area contributed by atoms with Crippen LogP contribution in [0.1, 0.15) is 60.3 Å². The zero-order valence-corrected chi connectivity index (χ0v) is 20.1. The molecule has 0 heterocycles. The van der Waals surface area contributed by atoms with Crippen molar-refractivity contribution in [2.24, 2.45) is 5.92 Å². The average Bonchev–Trinajstić information content (AvgIpc) is 2.34. The molecule has 1 aliphatic carbocycles. The van der Waals surface area contributed by atoms with E-state index >= 15 is 0 Å². The molecule has 25 heavy (non-hydrogen) atoms. The van der Waals surface area contributed by atoms with Crippen molar-refractivity contribution in [3.8, 4) is 0 Å². The molecular formula is C20H42O3Si2. The Morgan fingerprint density at radius 3 is 2.08 bits per heavy atom. The number of aliphatic hydroxyl groups is 1. The third-order valence-corrected chi connectivity index (χ3v) is 14.8. The summed E-state index contributed by atoms with van der Waals surface area (Å²) >= 11 is 0. The Morgan fingerprint density at radius 1 is 1.08 bits per heavy atom. The van der Waals surface area contributed by atoms with Gasteiger partial charge >= 0.3 is 0 Å². The van der Waals surface area contributed by atoms with Crippen molar-refractivity contribution in [1.82, 2.24) is 0 Å². The maximum absolute atomic E-state index is 10.7. The van der Waals surface area contributed by atoms with E-state index < -0.39 is 16.6 Å². The van der Waals surface area contributed by atoms with Crippen LogP contribution in [-0.2, 0) is 4.43 Å². The van der Waals surface area contributed by atoms with Crippen LogP contribution in [-0.4, -0.2) is 39.2 Å². The summed E-state index contributed by atoms with van der Waals surface area (Å²) in [6, 6.07) is 0. The zero-order chi connectivity index (χ0) is 19.7. The van der Waals surface area contributed by atoms with E-state index in [1.54, 1.807) is 0 Å². The molecule has 0 amide bonds. The highest BCUT2D eigenvalue weighted by molar-refractivity contribution is 6.74. The summed E-state index contributed by atoms with van der Waals surface area (Å²) in [5, 5.41) is 9.57. The molecule has 0 aromatic carbocycles. The van der Waals surface area contributed by atoms with Crippen LogP contribution in [0.2, 0.25) is 36.3 Å². The van der Waals surface area contributed by atoms with Crippen LogP contribution < -0.4 is 0 Å². The van der Waals surface area contributed by atoms with Crippen molar-refractivity contribution in [2.45, 2.75) is 103 Å². The Bertz CT molecular complexity index is 432. The lowest BCUT2D eigenvalue weighted by molar-refractivity contribution is 0.123. The molecule has 0 spiro atoms. The minimum Gasteiger partial charge on any atom is -0.432 e. The molecular weight excluding hydrogens is 344 g/mol. The minimum absolute atomic E-state index is 0.0130. The summed E-state index contributed by atoms with van der Waals surface area (Å²) in [5.41, 5.74) is 1.33. The third kappa shape index (κ3) is 6.31. The molecule has 1 saturated carbocycles. The molecule has 0 bridgehead atoms. The summed E-state index contributed by atoms with van der Waals surface area (Å²) in [6.45, 7) is 20.1. The van der Waals surface area contributed by atoms with Crippen LogP contribution in [0.5, 0.6) is 0 Å². The molecule has 5 heteroatoms. The summed E-state index contributed by atoms with van der Waals surface area (Å²) in [7, 11) is -4.01. The van der Waals surface area contributed by atoms with Gasteiger partial charge in [-0.25, -0.2) is 0 Å². The Morgan fingerprint density at radius 2 is 1.64 bits per heavy atom. The zero-order valence-electron chi connectivity index (χ0n) is 18.1. The van der Waals surface area contributed by atoms with E-state index in [2.05, 4.69) is 47.7 Å². The molecule has 3 nitrogen and oxygen atoms in total. The van der Waals surface area contributed by atoms with Gasteiger partial charge in [0.25, 0.3) is 0 Å². The van der Waals surface area contributed by atoms with Crippen molar-refractivity contribution in [1.29, 1.82) is 0 Å². The number of hydrogen-bond donors (Lipinski definition) is 2. The monoisotopic (exact) mass is 386 g/mol. The normalized spacial score (nSPS) is 25.5. The molecule has 0 radical (unpaired) electrons. The summed E-state index contributed by atoms with van der Waals surface area (Å²) in [4.78, 5) is 10.7. The molecule has 1 unspecified atom stereocenters. The van der Waals surface area contributed by atoms with Gasteiger partial charge in [0.1, 0.15) is 0 Å². The minimum atomic E-state index is -2.21. The standard InChI is InChI=1S/C20H42O3Si2/c1-19(2,3)25(8,9)23-18-13-16(10-11-21)12-17(14-18)15-20(4,5)24(6,7)22/h10,17-18,21-22H,11-15H2,1-9H3/b16-10+/t17?,18-/m1/s1. The van der Waals surface area contributed by atoms with Crippen LogP contribution in [0.4, 0.5) is 0 Å². The smallest absolute Gasteiger partial charge is 0.192 e. The lowest BCUT2D eigenvalue weighted by Crippen LogP contribution is -2.46. The van der Waals surface area contributed by atoms with Crippen molar-refractivity contribution >= 4 is 16.6 Å². The maximum Gasteiger partial charge on any atom is 0.192 e. The van der Waals surface area contributed by atoms with Gasteiger partial charge in [-0.3, -0.25) is 0 Å². The van der Waals surface area contributed by atoms with Crippen molar-refractivity contribution in [3.63, 3.8) is 0 Å². The third-order valence-electron chi connectivity index (χ3n) is 6.74. The van der Waals surface area contributed by atoms with E-state index in [1.807, 2.05) is 19.2 Å². The van der Waals surface area contributed by atoms with Gasteiger partial charge in [-0.15, -0.1) is 0 Å². The maximum atomic E-state index is 10.7. The van der Waals surface area contributed by atoms with Gasteiger partial charge in [0.15, 0.2) is 16.6 Å². The molecule has 0 saturated heterocycles. The van der Waals surface area contributed by atoms with Gasteiger partial charge in [-0.2, -0.15) is 0 Å². The van der Waals surface area contributed by atoms with Gasteiger partial charge in [-0.05, 0) is 67.9 Å². The Labute approximate surface area is 158 Å². The second kappa shape index (κ2) is 7.97. The quantitative estimate of drug-likeness (QED) is 0.470. The summed E-state index contributed by atoms with van der Waals surface area (Å²) in [6.07, 6.45) is 6.31. The average molecular weight is 387 g/mol. The highest BCUT2D eigenvalue weighted by atomic mass is 28.4. The van der Waals surface area contributed by atoms with Gasteiger partial charge in [0.05, 0.1) is 6.61 Å². The second-order valence-corrected chi connectivity index (χ2v) is 19.9. The fourth-order valence-electron chi connectivity index (χ4n) is 3.39. The van der Waals surface area contributed by atoms with Crippen LogP contribution in [0.25, 0.3) is 0 Å². The second-order valence-electron chi connectivity index (χ2n) is 10.7. The highest BCUT2D eigenvalue weighted by Gasteiger charge is 2.43. The largest absolute Gasteiger partial charge is 0.432 e. The first-order valence-electron chi connectivity index (χ1n) is 9.78. The Hall–Kier alpha value is 0.0538. The van der Waals surface area contributed by atoms with Gasteiger partial charge in [-0.1, -0.05) is 46.3 Å². The van der Waals surface area contributed by atoms with Crippen LogP contribution in [0.15, 0.2) is 11.6 Å². The van der Waals surface area contributed by atoms with E-state index in [0.29, 0.717) is 5.92 Å². The van der Waals surface area contributed by atoms with E-state index in [9.17, 15) is 9.90 Å². The first kappa shape index (κ1) is 23.1. The Kier molecular flexibility index (Phi) is 7.36. The van der Waals surface area contributed by atoms with Crippen molar-refractivity contribution < 1.29 is 14.3 Å². The van der Waals surface area contributed by atoms with Crippen LogP contribution >= 0.6 is 0 Å². The first-order valence-corrected chi connectivity index (χ1v) is 15.6. The van der Waals surface area contributed by atoms with Gasteiger partial charge in [0, 0.05) is 6.10 Å². The lowest BCUT2D eigenvalue weighted by atomic mass is 9.79. The fourth-order valence-corrected chi connectivity index (χ4v) is 5.55. The number of rotatable bonds is 6. The highest BCUT2D eigenvalue weighted by Crippen LogP contribution is 2.47. The van der Waals surface area contributed by atoms with Crippen molar-refractivity contribution in [3.05, 3.63) is 11.6 Å². The van der Waals surface area contributed by atoms with Crippen LogP contribution in [0, 0.1) is 5.92 Å². The summed E-state index contributed by atoms with van der Waals surface area (Å²) in [5.74, 6) is 0.523. The fraction of sp³-hybridized carbons (Fsp3) is 0.900. The van der Waals surface area contributed by atoms with E-state index in [4.69, 9.17) is 4.43 Å². The SMILES string of the molecule is CC(C)(CC1C/C(=C\CO)C[C@@H](O[Si](C)(C)C(C)(C)C)C1)[Si](C)(C)O. The molecule has 0 aliphatic heterocycles. The van der Waals surface area contributed by atoms with E-state index in [0.717, 1.165) is 25.7 Å².